The summed E-state index contributed by atoms with van der Waals surface area (Å²) in [7, 11) is 0. The number of rotatable bonds is 5. The molecule has 3 rings (SSSR count). The zero-order chi connectivity index (χ0) is 12.4. The number of unbranched alkanes of at least 4 members (excludes halogenated alkanes) is 3. The molecule has 2 aromatic heterocycles. The van der Waals surface area contributed by atoms with E-state index in [9.17, 15) is 0 Å². The Labute approximate surface area is 112 Å². The number of hydrogen-bond acceptors (Lipinski definition) is 1. The van der Waals surface area contributed by atoms with Crippen LogP contribution in [0, 0.1) is 0 Å². The Morgan fingerprint density at radius 1 is 1.00 bits per heavy atom. The quantitative estimate of drug-likeness (QED) is 0.537. The maximum atomic E-state index is 2.50. The van der Waals surface area contributed by atoms with E-state index < -0.39 is 0 Å². The van der Waals surface area contributed by atoms with Crippen LogP contribution in [0.1, 0.15) is 32.6 Å². The maximum Gasteiger partial charge on any atom is 0.0600 e. The zero-order valence-electron chi connectivity index (χ0n) is 10.9. The average Bonchev–Trinajstić information content (AvgIpc) is 2.97. The van der Waals surface area contributed by atoms with Gasteiger partial charge in [0.25, 0.3) is 0 Å². The van der Waals surface area contributed by atoms with Crippen LogP contribution in [0.4, 0.5) is 0 Å². The first-order valence-electron chi connectivity index (χ1n) is 6.86. The summed E-state index contributed by atoms with van der Waals surface area (Å²) in [6.45, 7) is 3.42. The summed E-state index contributed by atoms with van der Waals surface area (Å²) < 4.78 is 3.94. The van der Waals surface area contributed by atoms with Crippen molar-refractivity contribution in [1.29, 1.82) is 0 Å². The lowest BCUT2D eigenvalue weighted by Crippen LogP contribution is -1.96. The van der Waals surface area contributed by atoms with Gasteiger partial charge in [-0.05, 0) is 23.9 Å². The van der Waals surface area contributed by atoms with Crippen LogP contribution in [-0.4, -0.2) is 4.57 Å². The van der Waals surface area contributed by atoms with Gasteiger partial charge in [-0.1, -0.05) is 44.4 Å². The summed E-state index contributed by atoms with van der Waals surface area (Å²) in [6.07, 6.45) is 5.29. The van der Waals surface area contributed by atoms with Gasteiger partial charge in [-0.15, -0.1) is 11.3 Å². The first-order valence-corrected chi connectivity index (χ1v) is 7.74. The molecule has 18 heavy (non-hydrogen) atoms. The smallest absolute Gasteiger partial charge is 0.0600 e. The number of aromatic nitrogens is 1. The second-order valence-corrected chi connectivity index (χ2v) is 5.78. The number of thiophene rings is 1. The lowest BCUT2D eigenvalue weighted by molar-refractivity contribution is 0.602. The standard InChI is InChI=1S/C16H19NS/c1-2-3-4-7-11-17-14-9-6-5-8-13(14)16-15(17)10-12-18-16/h5-6,8-10,12H,2-4,7,11H2,1H3. The highest BCUT2D eigenvalue weighted by atomic mass is 32.1. The van der Waals surface area contributed by atoms with Gasteiger partial charge in [0.2, 0.25) is 0 Å². The summed E-state index contributed by atoms with van der Waals surface area (Å²) in [5, 5.41) is 3.62. The third-order valence-corrected chi connectivity index (χ3v) is 4.55. The molecule has 2 heterocycles. The van der Waals surface area contributed by atoms with Crippen molar-refractivity contribution in [3.8, 4) is 0 Å². The highest BCUT2D eigenvalue weighted by Gasteiger charge is 2.10. The third-order valence-electron chi connectivity index (χ3n) is 3.61. The van der Waals surface area contributed by atoms with Crippen molar-refractivity contribution in [3.63, 3.8) is 0 Å². The predicted molar refractivity (Wildman–Crippen MR) is 81.5 cm³/mol. The molecule has 0 N–H and O–H groups in total. The highest BCUT2D eigenvalue weighted by molar-refractivity contribution is 7.18. The lowest BCUT2D eigenvalue weighted by atomic mass is 10.2. The van der Waals surface area contributed by atoms with E-state index in [-0.39, 0.29) is 0 Å². The van der Waals surface area contributed by atoms with E-state index in [0.29, 0.717) is 0 Å². The number of fused-ring (bicyclic) bond motifs is 3. The summed E-state index contributed by atoms with van der Waals surface area (Å²) in [4.78, 5) is 0. The first-order chi connectivity index (χ1) is 8.92. The lowest BCUT2D eigenvalue weighted by Gasteiger charge is -2.06. The van der Waals surface area contributed by atoms with Gasteiger partial charge in [-0.25, -0.2) is 0 Å². The first kappa shape index (κ1) is 11.8. The molecular weight excluding hydrogens is 238 g/mol. The maximum absolute atomic E-state index is 2.50. The van der Waals surface area contributed by atoms with Gasteiger partial charge in [0.05, 0.1) is 10.2 Å². The van der Waals surface area contributed by atoms with Crippen LogP contribution < -0.4 is 0 Å². The fourth-order valence-corrected chi connectivity index (χ4v) is 3.62. The second-order valence-electron chi connectivity index (χ2n) is 4.86. The molecule has 0 spiro atoms. The van der Waals surface area contributed by atoms with Crippen LogP contribution in [0.5, 0.6) is 0 Å². The number of hydrogen-bond donors (Lipinski definition) is 0. The molecule has 0 aliphatic rings. The van der Waals surface area contributed by atoms with Crippen LogP contribution >= 0.6 is 11.3 Å². The van der Waals surface area contributed by atoms with Crippen LogP contribution in [0.2, 0.25) is 0 Å². The van der Waals surface area contributed by atoms with Crippen LogP contribution in [0.25, 0.3) is 21.1 Å². The van der Waals surface area contributed by atoms with Crippen molar-refractivity contribution in [2.24, 2.45) is 0 Å². The van der Waals surface area contributed by atoms with Crippen molar-refractivity contribution in [3.05, 3.63) is 35.7 Å². The molecule has 1 nitrogen and oxygen atoms in total. The minimum absolute atomic E-state index is 1.15. The molecule has 0 saturated heterocycles. The second kappa shape index (κ2) is 5.15. The summed E-state index contributed by atoms with van der Waals surface area (Å²) in [5.74, 6) is 0. The van der Waals surface area contributed by atoms with Gasteiger partial charge < -0.3 is 4.57 Å². The third kappa shape index (κ3) is 1.95. The van der Waals surface area contributed by atoms with Gasteiger partial charge in [0.15, 0.2) is 0 Å². The number of aryl methyl sites for hydroxylation is 1. The topological polar surface area (TPSA) is 4.93 Å². The molecule has 94 valence electrons. The number of nitrogens with zero attached hydrogens (tertiary/aromatic N) is 1. The zero-order valence-corrected chi connectivity index (χ0v) is 11.7. The molecule has 0 bridgehead atoms. The van der Waals surface area contributed by atoms with Crippen molar-refractivity contribution in [1.82, 2.24) is 4.57 Å². The Balaban J connectivity index is 1.98. The molecule has 0 aliphatic heterocycles. The van der Waals surface area contributed by atoms with Crippen LogP contribution in [0.3, 0.4) is 0 Å². The highest BCUT2D eigenvalue weighted by Crippen LogP contribution is 2.33. The van der Waals surface area contributed by atoms with Gasteiger partial charge >= 0.3 is 0 Å². The van der Waals surface area contributed by atoms with E-state index in [2.05, 4.69) is 47.2 Å². The molecule has 2 heteroatoms. The fourth-order valence-electron chi connectivity index (χ4n) is 2.68. The minimum Gasteiger partial charge on any atom is -0.340 e. The van der Waals surface area contributed by atoms with E-state index in [4.69, 9.17) is 0 Å². The molecule has 0 unspecified atom stereocenters. The summed E-state index contributed by atoms with van der Waals surface area (Å²) in [5.41, 5.74) is 2.81. The fraction of sp³-hybridized carbons (Fsp3) is 0.375. The molecule has 0 fully saturated rings. The molecule has 1 aromatic carbocycles. The Morgan fingerprint density at radius 2 is 1.89 bits per heavy atom. The normalized spacial score (nSPS) is 11.6. The van der Waals surface area contributed by atoms with Crippen molar-refractivity contribution < 1.29 is 0 Å². The Morgan fingerprint density at radius 3 is 2.78 bits per heavy atom. The van der Waals surface area contributed by atoms with Crippen molar-refractivity contribution >= 4 is 32.5 Å². The van der Waals surface area contributed by atoms with Crippen LogP contribution in [-0.2, 0) is 6.54 Å². The summed E-state index contributed by atoms with van der Waals surface area (Å²) in [6, 6.07) is 11.1. The molecule has 0 radical (unpaired) electrons. The average molecular weight is 257 g/mol. The minimum atomic E-state index is 1.15. The van der Waals surface area contributed by atoms with E-state index in [1.54, 1.807) is 0 Å². The molecule has 3 aromatic rings. The number of benzene rings is 1. The monoisotopic (exact) mass is 257 g/mol. The molecule has 0 saturated carbocycles. The van der Waals surface area contributed by atoms with Gasteiger partial charge in [-0.2, -0.15) is 0 Å². The SMILES string of the molecule is CCCCCCn1c2ccccc2c2sccc21. The van der Waals surface area contributed by atoms with E-state index in [1.807, 2.05) is 11.3 Å². The van der Waals surface area contributed by atoms with E-state index >= 15 is 0 Å². The van der Waals surface area contributed by atoms with Crippen LogP contribution in [0.15, 0.2) is 35.7 Å². The molecule has 0 aliphatic carbocycles. The predicted octanol–water partition coefficient (Wildman–Crippen LogP) is 5.44. The molecule has 0 amide bonds. The molecule has 0 atom stereocenters. The van der Waals surface area contributed by atoms with Crippen molar-refractivity contribution in [2.75, 3.05) is 0 Å². The largest absolute Gasteiger partial charge is 0.340 e. The van der Waals surface area contributed by atoms with E-state index in [0.717, 1.165) is 6.54 Å². The number of para-hydroxylation sites is 1. The Bertz CT molecular complexity index is 647. The van der Waals surface area contributed by atoms with Gasteiger partial charge in [0, 0.05) is 17.4 Å². The summed E-state index contributed by atoms with van der Waals surface area (Å²) >= 11 is 1.86. The Hall–Kier alpha value is -1.28. The Kier molecular flexibility index (Phi) is 3.37. The van der Waals surface area contributed by atoms with Gasteiger partial charge in [0.1, 0.15) is 0 Å². The van der Waals surface area contributed by atoms with Crippen molar-refractivity contribution in [2.45, 2.75) is 39.2 Å². The van der Waals surface area contributed by atoms with Gasteiger partial charge in [-0.3, -0.25) is 0 Å². The molecular formula is C16H19NS. The van der Waals surface area contributed by atoms with E-state index in [1.165, 1.54) is 46.8 Å².